The second kappa shape index (κ2) is 3.86. The Morgan fingerprint density at radius 1 is 1.50 bits per heavy atom. The number of hydrogen-bond donors (Lipinski definition) is 1. The Morgan fingerprint density at radius 3 is 2.57 bits per heavy atom. The topological polar surface area (TPSA) is 72.5 Å². The number of likely N-dealkylation sites (N-methyl/N-ethyl adjacent to an activating group) is 1. The van der Waals surface area contributed by atoms with E-state index in [1.807, 2.05) is 0 Å². The molecule has 0 amide bonds. The normalized spacial score (nSPS) is 31.0. The Kier molecular flexibility index (Phi) is 3.16. The second-order valence-electron chi connectivity index (χ2n) is 3.52. The molecule has 1 rings (SSSR count). The molecule has 1 aliphatic rings. The van der Waals surface area contributed by atoms with Gasteiger partial charge in [-0.05, 0) is 19.9 Å². The van der Waals surface area contributed by atoms with Crippen molar-refractivity contribution in [1.82, 2.24) is 5.32 Å². The summed E-state index contributed by atoms with van der Waals surface area (Å²) >= 11 is 0. The summed E-state index contributed by atoms with van der Waals surface area (Å²) in [6, 6.07) is 0. The van der Waals surface area contributed by atoms with Crippen molar-refractivity contribution in [2.75, 3.05) is 25.7 Å². The van der Waals surface area contributed by atoms with E-state index in [9.17, 15) is 13.2 Å². The van der Waals surface area contributed by atoms with Crippen molar-refractivity contribution in [3.05, 3.63) is 0 Å². The number of carbonyl (C=O) groups excluding carboxylic acids is 1. The van der Waals surface area contributed by atoms with E-state index in [1.165, 1.54) is 7.11 Å². The standard InChI is InChI=1S/C8H15NO4S/c1-9-8(7(10)13-2)4-3-5-14(11,12)6-8/h9H,3-6H2,1-2H3. The van der Waals surface area contributed by atoms with E-state index in [0.29, 0.717) is 12.8 Å². The lowest BCUT2D eigenvalue weighted by molar-refractivity contribution is -0.147. The highest BCUT2D eigenvalue weighted by molar-refractivity contribution is 7.91. The van der Waals surface area contributed by atoms with Gasteiger partial charge in [-0.15, -0.1) is 0 Å². The van der Waals surface area contributed by atoms with Crippen LogP contribution in [-0.4, -0.2) is 45.6 Å². The summed E-state index contributed by atoms with van der Waals surface area (Å²) in [5, 5.41) is 2.77. The second-order valence-corrected chi connectivity index (χ2v) is 5.70. The molecule has 1 N–H and O–H groups in total. The Bertz CT molecular complexity index is 324. The fourth-order valence-electron chi connectivity index (χ4n) is 1.77. The van der Waals surface area contributed by atoms with Gasteiger partial charge in [0.15, 0.2) is 9.84 Å². The molecule has 14 heavy (non-hydrogen) atoms. The predicted octanol–water partition coefficient (Wildman–Crippen LogP) is -0.674. The molecular weight excluding hydrogens is 206 g/mol. The molecule has 6 heteroatoms. The number of carbonyl (C=O) groups is 1. The zero-order valence-corrected chi connectivity index (χ0v) is 9.19. The zero-order valence-electron chi connectivity index (χ0n) is 8.37. The molecule has 0 aromatic rings. The van der Waals surface area contributed by atoms with Gasteiger partial charge in [0, 0.05) is 0 Å². The molecule has 0 saturated carbocycles. The van der Waals surface area contributed by atoms with E-state index in [1.54, 1.807) is 7.05 Å². The summed E-state index contributed by atoms with van der Waals surface area (Å²) < 4.78 is 27.4. The van der Waals surface area contributed by atoms with E-state index < -0.39 is 21.3 Å². The summed E-state index contributed by atoms with van der Waals surface area (Å²) in [6.07, 6.45) is 1.01. The molecule has 0 bridgehead atoms. The fraction of sp³-hybridized carbons (Fsp3) is 0.875. The van der Waals surface area contributed by atoms with Gasteiger partial charge in [0.25, 0.3) is 0 Å². The molecule has 0 aliphatic carbocycles. The highest BCUT2D eigenvalue weighted by Gasteiger charge is 2.44. The molecule has 0 aromatic heterocycles. The average molecular weight is 221 g/mol. The molecule has 1 saturated heterocycles. The summed E-state index contributed by atoms with van der Waals surface area (Å²) in [7, 11) is -0.273. The van der Waals surface area contributed by atoms with E-state index >= 15 is 0 Å². The van der Waals surface area contributed by atoms with Crippen molar-refractivity contribution in [2.24, 2.45) is 0 Å². The average Bonchev–Trinajstić information content (AvgIpc) is 2.14. The van der Waals surface area contributed by atoms with E-state index in [2.05, 4.69) is 10.1 Å². The van der Waals surface area contributed by atoms with Crippen molar-refractivity contribution < 1.29 is 17.9 Å². The molecule has 1 atom stereocenters. The van der Waals surface area contributed by atoms with Crippen LogP contribution in [0.4, 0.5) is 0 Å². The van der Waals surface area contributed by atoms with Gasteiger partial charge >= 0.3 is 5.97 Å². The lowest BCUT2D eigenvalue weighted by atomic mass is 9.96. The van der Waals surface area contributed by atoms with E-state index in [0.717, 1.165) is 0 Å². The Labute approximate surface area is 83.7 Å². The van der Waals surface area contributed by atoms with Crippen molar-refractivity contribution >= 4 is 15.8 Å². The lowest BCUT2D eigenvalue weighted by Gasteiger charge is -2.33. The van der Waals surface area contributed by atoms with Crippen LogP contribution in [-0.2, 0) is 19.4 Å². The first-order valence-electron chi connectivity index (χ1n) is 4.43. The number of hydrogen-bond acceptors (Lipinski definition) is 5. The van der Waals surface area contributed by atoms with E-state index in [-0.39, 0.29) is 11.5 Å². The Balaban J connectivity index is 2.95. The third kappa shape index (κ3) is 2.06. The third-order valence-corrected chi connectivity index (χ3v) is 4.42. The number of nitrogens with one attached hydrogen (secondary N) is 1. The third-order valence-electron chi connectivity index (χ3n) is 2.58. The summed E-state index contributed by atoms with van der Waals surface area (Å²) in [5.74, 6) is -0.500. The summed E-state index contributed by atoms with van der Waals surface area (Å²) in [5.41, 5.74) is -1.04. The van der Waals surface area contributed by atoms with Crippen LogP contribution in [0.3, 0.4) is 0 Å². The van der Waals surface area contributed by atoms with Gasteiger partial charge < -0.3 is 10.1 Å². The SMILES string of the molecule is CNC1(C(=O)OC)CCCS(=O)(=O)C1. The quantitative estimate of drug-likeness (QED) is 0.626. The van der Waals surface area contributed by atoms with Gasteiger partial charge in [-0.1, -0.05) is 0 Å². The van der Waals surface area contributed by atoms with Crippen LogP contribution >= 0.6 is 0 Å². The first-order chi connectivity index (χ1) is 6.46. The number of sulfone groups is 1. The number of methoxy groups -OCH3 is 1. The van der Waals surface area contributed by atoms with Crippen LogP contribution in [0.1, 0.15) is 12.8 Å². The van der Waals surface area contributed by atoms with Gasteiger partial charge in [-0.3, -0.25) is 4.79 Å². The minimum Gasteiger partial charge on any atom is -0.468 e. The number of esters is 1. The minimum absolute atomic E-state index is 0.160. The van der Waals surface area contributed by atoms with Crippen LogP contribution in [0.25, 0.3) is 0 Å². The van der Waals surface area contributed by atoms with Crippen molar-refractivity contribution in [3.8, 4) is 0 Å². The van der Waals surface area contributed by atoms with E-state index in [4.69, 9.17) is 0 Å². The maximum absolute atomic E-state index is 11.5. The smallest absolute Gasteiger partial charge is 0.327 e. The van der Waals surface area contributed by atoms with Crippen LogP contribution in [0.2, 0.25) is 0 Å². The number of ether oxygens (including phenoxy) is 1. The molecule has 0 spiro atoms. The fourth-order valence-corrected chi connectivity index (χ4v) is 3.66. The molecule has 0 radical (unpaired) electrons. The molecule has 1 unspecified atom stereocenters. The molecule has 1 aliphatic heterocycles. The van der Waals surface area contributed by atoms with Crippen LogP contribution < -0.4 is 5.32 Å². The highest BCUT2D eigenvalue weighted by Crippen LogP contribution is 2.23. The number of rotatable bonds is 2. The van der Waals surface area contributed by atoms with Crippen molar-refractivity contribution in [3.63, 3.8) is 0 Å². The highest BCUT2D eigenvalue weighted by atomic mass is 32.2. The minimum atomic E-state index is -3.12. The molecular formula is C8H15NO4S. The van der Waals surface area contributed by atoms with Gasteiger partial charge in [-0.2, -0.15) is 0 Å². The van der Waals surface area contributed by atoms with Gasteiger partial charge in [0.05, 0.1) is 18.6 Å². The molecule has 82 valence electrons. The Morgan fingerprint density at radius 2 is 2.14 bits per heavy atom. The predicted molar refractivity (Wildman–Crippen MR) is 51.7 cm³/mol. The van der Waals surface area contributed by atoms with Crippen molar-refractivity contribution in [1.29, 1.82) is 0 Å². The van der Waals surface area contributed by atoms with Crippen LogP contribution in [0.15, 0.2) is 0 Å². The van der Waals surface area contributed by atoms with Crippen LogP contribution in [0.5, 0.6) is 0 Å². The summed E-state index contributed by atoms with van der Waals surface area (Å²) in [4.78, 5) is 11.5. The summed E-state index contributed by atoms with van der Waals surface area (Å²) in [6.45, 7) is 0. The van der Waals surface area contributed by atoms with Crippen molar-refractivity contribution in [2.45, 2.75) is 18.4 Å². The molecule has 1 heterocycles. The first kappa shape index (κ1) is 11.5. The monoisotopic (exact) mass is 221 g/mol. The van der Waals surface area contributed by atoms with Gasteiger partial charge in [-0.25, -0.2) is 8.42 Å². The largest absolute Gasteiger partial charge is 0.468 e. The van der Waals surface area contributed by atoms with Gasteiger partial charge in [0.1, 0.15) is 5.54 Å². The Hall–Kier alpha value is -0.620. The molecule has 1 fully saturated rings. The first-order valence-corrected chi connectivity index (χ1v) is 6.26. The van der Waals surface area contributed by atoms with Crippen LogP contribution in [0, 0.1) is 0 Å². The maximum atomic E-state index is 11.5. The molecule has 0 aromatic carbocycles. The zero-order chi connectivity index (χ0) is 10.8. The van der Waals surface area contributed by atoms with Gasteiger partial charge in [0.2, 0.25) is 0 Å². The lowest BCUT2D eigenvalue weighted by Crippen LogP contribution is -2.58. The molecule has 5 nitrogen and oxygen atoms in total. The maximum Gasteiger partial charge on any atom is 0.327 e.